The van der Waals surface area contributed by atoms with Crippen LogP contribution in [0.3, 0.4) is 0 Å². The van der Waals surface area contributed by atoms with Gasteiger partial charge in [-0.15, -0.1) is 0 Å². The monoisotopic (exact) mass is 332 g/mol. The highest BCUT2D eigenvalue weighted by molar-refractivity contribution is 6.28. The molecule has 6 nitrogen and oxygen atoms in total. The van der Waals surface area contributed by atoms with E-state index in [9.17, 15) is 23.3 Å². The lowest BCUT2D eigenvalue weighted by atomic mass is 10.2. The van der Waals surface area contributed by atoms with Gasteiger partial charge in [0.1, 0.15) is 11.4 Å². The molecule has 0 fully saturated rings. The van der Waals surface area contributed by atoms with E-state index in [1.54, 1.807) is 0 Å². The number of benzene rings is 1. The van der Waals surface area contributed by atoms with Crippen molar-refractivity contribution in [2.45, 2.75) is 6.18 Å². The molecule has 0 atom stereocenters. The van der Waals surface area contributed by atoms with Crippen molar-refractivity contribution in [3.05, 3.63) is 51.4 Å². The van der Waals surface area contributed by atoms with Gasteiger partial charge in [0.05, 0.1) is 4.92 Å². The van der Waals surface area contributed by atoms with Gasteiger partial charge in [-0.3, -0.25) is 10.1 Å². The van der Waals surface area contributed by atoms with Gasteiger partial charge in [0.15, 0.2) is 0 Å². The first kappa shape index (κ1) is 16.0. The molecule has 116 valence electrons. The second kappa shape index (κ2) is 5.76. The Morgan fingerprint density at radius 1 is 1.27 bits per heavy atom. The van der Waals surface area contributed by atoms with Crippen molar-refractivity contribution < 1.29 is 18.1 Å². The van der Waals surface area contributed by atoms with Gasteiger partial charge in [0, 0.05) is 31.1 Å². The van der Waals surface area contributed by atoms with Crippen LogP contribution in [0.2, 0.25) is 5.28 Å². The average Bonchev–Trinajstić information content (AvgIpc) is 2.45. The van der Waals surface area contributed by atoms with Crippen molar-refractivity contribution >= 4 is 28.8 Å². The summed E-state index contributed by atoms with van der Waals surface area (Å²) in [5.41, 5.74) is -0.947. The summed E-state index contributed by atoms with van der Waals surface area (Å²) in [6.45, 7) is 0. The lowest BCUT2D eigenvalue weighted by Gasteiger charge is -2.22. The fourth-order valence-corrected chi connectivity index (χ4v) is 1.86. The van der Waals surface area contributed by atoms with Crippen molar-refractivity contribution in [2.24, 2.45) is 0 Å². The molecular formula is C12H8ClF3N4O2. The first-order valence-corrected chi connectivity index (χ1v) is 6.16. The molecule has 10 heteroatoms. The molecule has 0 unspecified atom stereocenters. The smallest absolute Gasteiger partial charge is 0.329 e. The fourth-order valence-electron chi connectivity index (χ4n) is 1.73. The van der Waals surface area contributed by atoms with Gasteiger partial charge < -0.3 is 4.90 Å². The molecule has 1 aromatic heterocycles. The molecule has 0 aliphatic heterocycles. The molecule has 22 heavy (non-hydrogen) atoms. The standard InChI is InChI=1S/C12H8ClF3N4O2/c1-19(7-2-4-8(5-3-7)20(21)22)10-9(12(14,15)16)6-17-11(13)18-10/h2-6H,1H3. The Balaban J connectivity index is 2.46. The van der Waals surface area contributed by atoms with E-state index >= 15 is 0 Å². The van der Waals surface area contributed by atoms with E-state index in [0.29, 0.717) is 6.20 Å². The number of anilines is 2. The molecule has 1 heterocycles. The van der Waals surface area contributed by atoms with Gasteiger partial charge in [-0.25, -0.2) is 4.98 Å². The van der Waals surface area contributed by atoms with Crippen molar-refractivity contribution in [3.63, 3.8) is 0 Å². The number of alkyl halides is 3. The third-order valence-corrected chi connectivity index (χ3v) is 2.99. The predicted octanol–water partition coefficient (Wildman–Crippen LogP) is 3.82. The molecule has 2 aromatic rings. The molecule has 0 aliphatic rings. The Hall–Kier alpha value is -2.42. The number of nitrogens with zero attached hydrogens (tertiary/aromatic N) is 4. The van der Waals surface area contributed by atoms with Gasteiger partial charge in [-0.05, 0) is 23.7 Å². The topological polar surface area (TPSA) is 72.2 Å². The number of halogens is 4. The SMILES string of the molecule is CN(c1ccc([N+](=O)[O-])cc1)c1nc(Cl)ncc1C(F)(F)F. The first-order valence-electron chi connectivity index (χ1n) is 5.78. The van der Waals surface area contributed by atoms with E-state index in [4.69, 9.17) is 11.6 Å². The van der Waals surface area contributed by atoms with Gasteiger partial charge in [0.25, 0.3) is 5.69 Å². The summed E-state index contributed by atoms with van der Waals surface area (Å²) in [6.07, 6.45) is -4.07. The second-order valence-electron chi connectivity index (χ2n) is 4.21. The summed E-state index contributed by atoms with van der Waals surface area (Å²) in [4.78, 5) is 18.0. The zero-order valence-corrected chi connectivity index (χ0v) is 11.8. The molecule has 0 radical (unpaired) electrons. The highest BCUT2D eigenvalue weighted by Crippen LogP contribution is 2.37. The van der Waals surface area contributed by atoms with Crippen LogP contribution in [0, 0.1) is 10.1 Å². The van der Waals surface area contributed by atoms with Crippen molar-refractivity contribution in [1.29, 1.82) is 0 Å². The van der Waals surface area contributed by atoms with Gasteiger partial charge in [0.2, 0.25) is 5.28 Å². The van der Waals surface area contributed by atoms with Crippen LogP contribution in [0.25, 0.3) is 0 Å². The molecule has 0 bridgehead atoms. The summed E-state index contributed by atoms with van der Waals surface area (Å²) in [5, 5.41) is 10.3. The van der Waals surface area contributed by atoms with Crippen LogP contribution in [0.5, 0.6) is 0 Å². The highest BCUT2D eigenvalue weighted by Gasteiger charge is 2.36. The molecule has 0 N–H and O–H groups in total. The number of hydrogen-bond donors (Lipinski definition) is 0. The van der Waals surface area contributed by atoms with Gasteiger partial charge in [-0.2, -0.15) is 18.2 Å². The van der Waals surface area contributed by atoms with E-state index in [1.807, 2.05) is 0 Å². The maximum Gasteiger partial charge on any atom is 0.421 e. The fraction of sp³-hybridized carbons (Fsp3) is 0.167. The summed E-state index contributed by atoms with van der Waals surface area (Å²) in [5.74, 6) is -0.443. The van der Waals surface area contributed by atoms with Crippen LogP contribution >= 0.6 is 11.6 Å². The number of non-ortho nitro benzene ring substituents is 1. The Morgan fingerprint density at radius 3 is 2.36 bits per heavy atom. The molecule has 0 aliphatic carbocycles. The molecule has 0 saturated heterocycles. The number of rotatable bonds is 3. The van der Waals surface area contributed by atoms with Crippen LogP contribution in [0.15, 0.2) is 30.5 Å². The molecule has 0 amide bonds. The Kier molecular flexibility index (Phi) is 4.18. The predicted molar refractivity (Wildman–Crippen MR) is 73.2 cm³/mol. The minimum Gasteiger partial charge on any atom is -0.329 e. The minimum atomic E-state index is -4.66. The highest BCUT2D eigenvalue weighted by atomic mass is 35.5. The van der Waals surface area contributed by atoms with Crippen LogP contribution in [-0.4, -0.2) is 21.9 Å². The van der Waals surface area contributed by atoms with Crippen molar-refractivity contribution in [2.75, 3.05) is 11.9 Å². The average molecular weight is 333 g/mol. The third-order valence-electron chi connectivity index (χ3n) is 2.81. The summed E-state index contributed by atoms with van der Waals surface area (Å²) in [6, 6.07) is 4.99. The van der Waals surface area contributed by atoms with Crippen LogP contribution in [0.4, 0.5) is 30.4 Å². The van der Waals surface area contributed by atoms with E-state index in [0.717, 1.165) is 4.90 Å². The molecule has 1 aromatic carbocycles. The zero-order chi connectivity index (χ0) is 16.5. The first-order chi connectivity index (χ1) is 10.2. The normalized spacial score (nSPS) is 11.3. The third kappa shape index (κ3) is 3.25. The van der Waals surface area contributed by atoms with Crippen molar-refractivity contribution in [3.8, 4) is 0 Å². The molecule has 0 spiro atoms. The Bertz CT molecular complexity index is 707. The van der Waals surface area contributed by atoms with Crippen LogP contribution in [0.1, 0.15) is 5.56 Å². The van der Waals surface area contributed by atoms with Gasteiger partial charge in [-0.1, -0.05) is 0 Å². The summed E-state index contributed by atoms with van der Waals surface area (Å²) in [7, 11) is 1.34. The van der Waals surface area contributed by atoms with Crippen LogP contribution in [-0.2, 0) is 6.18 Å². The molecule has 2 rings (SSSR count). The van der Waals surface area contributed by atoms with E-state index in [2.05, 4.69) is 9.97 Å². The van der Waals surface area contributed by atoms with E-state index in [1.165, 1.54) is 31.3 Å². The van der Waals surface area contributed by atoms with E-state index in [-0.39, 0.29) is 16.7 Å². The number of hydrogen-bond acceptors (Lipinski definition) is 5. The maximum atomic E-state index is 13.0. The Labute approximate surface area is 127 Å². The number of nitro groups is 1. The summed E-state index contributed by atoms with van der Waals surface area (Å²) >= 11 is 5.56. The lowest BCUT2D eigenvalue weighted by molar-refractivity contribution is -0.384. The minimum absolute atomic E-state index is 0.172. The largest absolute Gasteiger partial charge is 0.421 e. The number of nitro benzene ring substituents is 1. The van der Waals surface area contributed by atoms with Crippen LogP contribution < -0.4 is 4.90 Å². The van der Waals surface area contributed by atoms with Gasteiger partial charge >= 0.3 is 6.18 Å². The second-order valence-corrected chi connectivity index (χ2v) is 4.54. The lowest BCUT2D eigenvalue weighted by Crippen LogP contribution is -2.18. The number of aromatic nitrogens is 2. The van der Waals surface area contributed by atoms with Crippen molar-refractivity contribution in [1.82, 2.24) is 9.97 Å². The zero-order valence-electron chi connectivity index (χ0n) is 11.0. The quantitative estimate of drug-likeness (QED) is 0.485. The summed E-state index contributed by atoms with van der Waals surface area (Å²) < 4.78 is 39.0. The van der Waals surface area contributed by atoms with E-state index < -0.39 is 22.5 Å². The molecular weight excluding hydrogens is 325 g/mol. The molecule has 0 saturated carbocycles. The Morgan fingerprint density at radius 2 is 1.86 bits per heavy atom. The maximum absolute atomic E-state index is 13.0.